The molecule has 0 spiro atoms. The first kappa shape index (κ1) is 16.5. The van der Waals surface area contributed by atoms with Crippen molar-refractivity contribution in [2.75, 3.05) is 31.3 Å². The maximum atomic E-state index is 11.9. The van der Waals surface area contributed by atoms with Crippen LogP contribution in [0.15, 0.2) is 59.6 Å². The zero-order chi connectivity index (χ0) is 16.7. The van der Waals surface area contributed by atoms with E-state index in [1.165, 1.54) is 0 Å². The fraction of sp³-hybridized carbons (Fsp3) is 0.222. The van der Waals surface area contributed by atoms with Crippen molar-refractivity contribution in [3.63, 3.8) is 0 Å². The van der Waals surface area contributed by atoms with E-state index in [0.717, 1.165) is 22.9 Å². The molecular weight excluding hydrogens is 288 g/mol. The standard InChI is InChI=1S/C18H22N4O/c1-14(22(2)3)20-16-9-11-17(12-10-16)21-18(23)13-19-15-7-5-4-6-8-15/h4-12,19H,13H2,1-3H3,(H,21,23)/b20-14+. The number of para-hydroxylation sites is 1. The normalized spacial score (nSPS) is 11.0. The van der Waals surface area contributed by atoms with E-state index in [2.05, 4.69) is 15.6 Å². The van der Waals surface area contributed by atoms with Gasteiger partial charge in [0.25, 0.3) is 0 Å². The SMILES string of the molecule is C/C(=N\c1ccc(NC(=O)CNc2ccccc2)cc1)N(C)C. The van der Waals surface area contributed by atoms with Crippen LogP contribution in [0, 0.1) is 0 Å². The number of anilines is 2. The highest BCUT2D eigenvalue weighted by molar-refractivity contribution is 5.94. The van der Waals surface area contributed by atoms with E-state index in [-0.39, 0.29) is 12.5 Å². The number of aliphatic imine (C=N–C) groups is 1. The lowest BCUT2D eigenvalue weighted by molar-refractivity contribution is -0.114. The van der Waals surface area contributed by atoms with Gasteiger partial charge >= 0.3 is 0 Å². The second kappa shape index (κ2) is 7.98. The zero-order valence-corrected chi connectivity index (χ0v) is 13.7. The Hall–Kier alpha value is -2.82. The van der Waals surface area contributed by atoms with E-state index < -0.39 is 0 Å². The van der Waals surface area contributed by atoms with Crippen molar-refractivity contribution in [1.82, 2.24) is 4.90 Å². The van der Waals surface area contributed by atoms with E-state index in [4.69, 9.17) is 0 Å². The van der Waals surface area contributed by atoms with Gasteiger partial charge in [-0.1, -0.05) is 18.2 Å². The molecule has 2 aromatic carbocycles. The minimum Gasteiger partial charge on any atom is -0.376 e. The maximum absolute atomic E-state index is 11.9. The molecule has 23 heavy (non-hydrogen) atoms. The number of amides is 1. The highest BCUT2D eigenvalue weighted by Gasteiger charge is 2.02. The smallest absolute Gasteiger partial charge is 0.243 e. The molecule has 0 unspecified atom stereocenters. The van der Waals surface area contributed by atoms with E-state index in [0.29, 0.717) is 0 Å². The third-order valence-corrected chi connectivity index (χ3v) is 3.32. The van der Waals surface area contributed by atoms with Crippen LogP contribution in [-0.4, -0.2) is 37.3 Å². The minimum absolute atomic E-state index is 0.0884. The number of nitrogens with one attached hydrogen (secondary N) is 2. The third-order valence-electron chi connectivity index (χ3n) is 3.32. The van der Waals surface area contributed by atoms with Crippen molar-refractivity contribution in [1.29, 1.82) is 0 Å². The summed E-state index contributed by atoms with van der Waals surface area (Å²) in [5, 5.41) is 5.93. The highest BCUT2D eigenvalue weighted by Crippen LogP contribution is 2.17. The Kier molecular flexibility index (Phi) is 5.74. The van der Waals surface area contributed by atoms with Gasteiger partial charge in [0.1, 0.15) is 5.84 Å². The summed E-state index contributed by atoms with van der Waals surface area (Å²) >= 11 is 0. The first-order valence-electron chi connectivity index (χ1n) is 7.46. The molecule has 1 amide bonds. The van der Waals surface area contributed by atoms with Crippen molar-refractivity contribution in [2.45, 2.75) is 6.92 Å². The lowest BCUT2D eigenvalue weighted by atomic mass is 10.3. The Morgan fingerprint density at radius 1 is 1.00 bits per heavy atom. The number of amidine groups is 1. The summed E-state index contributed by atoms with van der Waals surface area (Å²) < 4.78 is 0. The van der Waals surface area contributed by atoms with Gasteiger partial charge in [-0.05, 0) is 43.3 Å². The molecule has 0 aromatic heterocycles. The van der Waals surface area contributed by atoms with Crippen molar-refractivity contribution in [3.05, 3.63) is 54.6 Å². The topological polar surface area (TPSA) is 56.7 Å². The molecule has 0 radical (unpaired) electrons. The summed E-state index contributed by atoms with van der Waals surface area (Å²) in [5.41, 5.74) is 2.54. The molecule has 0 aliphatic carbocycles. The lowest BCUT2D eigenvalue weighted by Gasteiger charge is -2.11. The van der Waals surface area contributed by atoms with Gasteiger partial charge in [-0.2, -0.15) is 0 Å². The van der Waals surface area contributed by atoms with Crippen LogP contribution in [-0.2, 0) is 4.79 Å². The predicted octanol–water partition coefficient (Wildman–Crippen LogP) is 3.35. The van der Waals surface area contributed by atoms with Crippen molar-refractivity contribution in [2.24, 2.45) is 4.99 Å². The number of hydrogen-bond donors (Lipinski definition) is 2. The Morgan fingerprint density at radius 2 is 1.65 bits per heavy atom. The van der Waals surface area contributed by atoms with Gasteiger partial charge in [0.2, 0.25) is 5.91 Å². The van der Waals surface area contributed by atoms with Crippen LogP contribution in [0.5, 0.6) is 0 Å². The second-order valence-electron chi connectivity index (χ2n) is 5.37. The Morgan fingerprint density at radius 3 is 2.26 bits per heavy atom. The number of nitrogens with zero attached hydrogens (tertiary/aromatic N) is 2. The zero-order valence-electron chi connectivity index (χ0n) is 13.7. The summed E-state index contributed by atoms with van der Waals surface area (Å²) in [7, 11) is 3.90. The van der Waals surface area contributed by atoms with Gasteiger partial charge in [-0.3, -0.25) is 4.79 Å². The molecule has 0 heterocycles. The van der Waals surface area contributed by atoms with Gasteiger partial charge in [0.15, 0.2) is 0 Å². The average molecular weight is 310 g/mol. The molecule has 0 aliphatic rings. The molecule has 0 saturated carbocycles. The average Bonchev–Trinajstić information content (AvgIpc) is 2.55. The fourth-order valence-corrected chi connectivity index (χ4v) is 1.85. The van der Waals surface area contributed by atoms with E-state index >= 15 is 0 Å². The third kappa shape index (κ3) is 5.47. The fourth-order valence-electron chi connectivity index (χ4n) is 1.85. The summed E-state index contributed by atoms with van der Waals surface area (Å²) in [5.74, 6) is 0.837. The summed E-state index contributed by atoms with van der Waals surface area (Å²) in [6.07, 6.45) is 0. The molecular formula is C18H22N4O. The molecule has 2 rings (SSSR count). The van der Waals surface area contributed by atoms with Crippen LogP contribution in [0.3, 0.4) is 0 Å². The number of carbonyl (C=O) groups is 1. The quantitative estimate of drug-likeness (QED) is 0.658. The van der Waals surface area contributed by atoms with Gasteiger partial charge < -0.3 is 15.5 Å². The van der Waals surface area contributed by atoms with Crippen LogP contribution in [0.2, 0.25) is 0 Å². The van der Waals surface area contributed by atoms with Crippen LogP contribution < -0.4 is 10.6 Å². The van der Waals surface area contributed by atoms with Crippen LogP contribution >= 0.6 is 0 Å². The number of hydrogen-bond acceptors (Lipinski definition) is 3. The molecule has 0 aliphatic heterocycles. The summed E-state index contributed by atoms with van der Waals surface area (Å²) in [4.78, 5) is 18.4. The Labute approximate surface area is 137 Å². The summed E-state index contributed by atoms with van der Waals surface area (Å²) in [6, 6.07) is 17.1. The molecule has 2 aromatic rings. The number of carbonyl (C=O) groups excluding carboxylic acids is 1. The van der Waals surface area contributed by atoms with E-state index in [1.54, 1.807) is 0 Å². The first-order valence-corrected chi connectivity index (χ1v) is 7.46. The van der Waals surface area contributed by atoms with Crippen molar-refractivity contribution in [3.8, 4) is 0 Å². The van der Waals surface area contributed by atoms with Gasteiger partial charge in [-0.15, -0.1) is 0 Å². The van der Waals surface area contributed by atoms with Crippen LogP contribution in [0.4, 0.5) is 17.1 Å². The van der Waals surface area contributed by atoms with E-state index in [9.17, 15) is 4.79 Å². The lowest BCUT2D eigenvalue weighted by Crippen LogP contribution is -2.21. The monoisotopic (exact) mass is 310 g/mol. The van der Waals surface area contributed by atoms with Crippen molar-refractivity contribution >= 4 is 28.8 Å². The molecule has 5 nitrogen and oxygen atoms in total. The molecule has 0 bridgehead atoms. The van der Waals surface area contributed by atoms with Crippen LogP contribution in [0.25, 0.3) is 0 Å². The second-order valence-corrected chi connectivity index (χ2v) is 5.37. The first-order chi connectivity index (χ1) is 11.0. The minimum atomic E-state index is -0.0884. The Bertz CT molecular complexity index is 663. The Balaban J connectivity index is 1.88. The molecule has 2 N–H and O–H groups in total. The molecule has 0 fully saturated rings. The largest absolute Gasteiger partial charge is 0.376 e. The molecule has 120 valence electrons. The molecule has 0 atom stereocenters. The molecule has 5 heteroatoms. The maximum Gasteiger partial charge on any atom is 0.243 e. The van der Waals surface area contributed by atoms with E-state index in [1.807, 2.05) is 80.5 Å². The van der Waals surface area contributed by atoms with Gasteiger partial charge in [-0.25, -0.2) is 4.99 Å². The predicted molar refractivity (Wildman–Crippen MR) is 96.5 cm³/mol. The van der Waals surface area contributed by atoms with Crippen LogP contribution in [0.1, 0.15) is 6.92 Å². The van der Waals surface area contributed by atoms with Gasteiger partial charge in [0.05, 0.1) is 12.2 Å². The van der Waals surface area contributed by atoms with Gasteiger partial charge in [0, 0.05) is 25.5 Å². The summed E-state index contributed by atoms with van der Waals surface area (Å²) in [6.45, 7) is 2.18. The molecule has 0 saturated heterocycles. The van der Waals surface area contributed by atoms with Crippen molar-refractivity contribution < 1.29 is 4.79 Å². The highest BCUT2D eigenvalue weighted by atomic mass is 16.1. The number of rotatable bonds is 5. The number of benzene rings is 2.